The number of carbonyl (C=O) groups excluding carboxylic acids is 1. The lowest BCUT2D eigenvalue weighted by molar-refractivity contribution is -0.114. The lowest BCUT2D eigenvalue weighted by atomic mass is 9.99. The van der Waals surface area contributed by atoms with Gasteiger partial charge in [0.2, 0.25) is 5.91 Å². The Labute approximate surface area is 95.7 Å². The Kier molecular flexibility index (Phi) is 4.12. The Balaban J connectivity index is 0.00000112. The predicted molar refractivity (Wildman–Crippen MR) is 63.4 cm³/mol. The third kappa shape index (κ3) is 2.70. The van der Waals surface area contributed by atoms with Crippen LogP contribution in [-0.2, 0) is 17.8 Å². The highest BCUT2D eigenvalue weighted by atomic mass is 35.5. The monoisotopic (exact) mass is 226 g/mol. The smallest absolute Gasteiger partial charge is 0.221 e. The molecule has 1 heterocycles. The van der Waals surface area contributed by atoms with Crippen LogP contribution in [-0.4, -0.2) is 12.5 Å². The van der Waals surface area contributed by atoms with Crippen LogP contribution in [0.15, 0.2) is 18.2 Å². The second kappa shape index (κ2) is 5.14. The molecule has 15 heavy (non-hydrogen) atoms. The van der Waals surface area contributed by atoms with Crippen molar-refractivity contribution >= 4 is 24.0 Å². The van der Waals surface area contributed by atoms with Crippen molar-refractivity contribution in [3.8, 4) is 0 Å². The summed E-state index contributed by atoms with van der Waals surface area (Å²) in [5, 5.41) is 6.17. The minimum absolute atomic E-state index is 0. The quantitative estimate of drug-likeness (QED) is 0.766. The Hall–Kier alpha value is -1.06. The fourth-order valence-corrected chi connectivity index (χ4v) is 1.84. The maximum absolute atomic E-state index is 11.0. The molecule has 0 saturated carbocycles. The molecule has 0 aromatic heterocycles. The summed E-state index contributed by atoms with van der Waals surface area (Å²) in [6.45, 7) is 3.44. The first-order chi connectivity index (χ1) is 6.77. The minimum Gasteiger partial charge on any atom is -0.326 e. The van der Waals surface area contributed by atoms with Gasteiger partial charge in [0.1, 0.15) is 0 Å². The van der Waals surface area contributed by atoms with Crippen molar-refractivity contribution in [1.82, 2.24) is 5.32 Å². The molecular weight excluding hydrogens is 212 g/mol. The number of hydrogen-bond acceptors (Lipinski definition) is 2. The summed E-state index contributed by atoms with van der Waals surface area (Å²) < 4.78 is 0. The normalized spacial score (nSPS) is 13.7. The van der Waals surface area contributed by atoms with Crippen molar-refractivity contribution in [2.75, 3.05) is 11.9 Å². The van der Waals surface area contributed by atoms with Crippen molar-refractivity contribution in [3.05, 3.63) is 29.3 Å². The number of carbonyl (C=O) groups is 1. The molecule has 3 nitrogen and oxygen atoms in total. The summed E-state index contributed by atoms with van der Waals surface area (Å²) in [4.78, 5) is 11.0. The highest BCUT2D eigenvalue weighted by Crippen LogP contribution is 2.22. The Morgan fingerprint density at radius 1 is 1.47 bits per heavy atom. The fraction of sp³-hybridized carbons (Fsp3) is 0.364. The summed E-state index contributed by atoms with van der Waals surface area (Å²) in [7, 11) is 0. The maximum atomic E-state index is 11.0. The standard InChI is InChI=1S/C11H14N2O.ClH/c1-8(14)13-11-4-2-3-9-7-12-6-5-10(9)11;/h2-4,12H,5-7H2,1H3,(H,13,14);1H. The zero-order chi connectivity index (χ0) is 9.97. The largest absolute Gasteiger partial charge is 0.326 e. The molecule has 1 aliphatic heterocycles. The van der Waals surface area contributed by atoms with Gasteiger partial charge in [-0.1, -0.05) is 12.1 Å². The van der Waals surface area contributed by atoms with Crippen molar-refractivity contribution in [1.29, 1.82) is 0 Å². The van der Waals surface area contributed by atoms with Gasteiger partial charge in [0.25, 0.3) is 0 Å². The molecule has 2 N–H and O–H groups in total. The summed E-state index contributed by atoms with van der Waals surface area (Å²) >= 11 is 0. The number of anilines is 1. The molecule has 0 spiro atoms. The molecule has 0 aliphatic carbocycles. The fourth-order valence-electron chi connectivity index (χ4n) is 1.84. The number of benzene rings is 1. The van der Waals surface area contributed by atoms with Gasteiger partial charge < -0.3 is 10.6 Å². The topological polar surface area (TPSA) is 41.1 Å². The third-order valence-corrected chi connectivity index (χ3v) is 2.45. The van der Waals surface area contributed by atoms with E-state index in [0.717, 1.165) is 25.2 Å². The van der Waals surface area contributed by atoms with Crippen LogP contribution in [0.5, 0.6) is 0 Å². The van der Waals surface area contributed by atoms with Gasteiger partial charge in [-0.25, -0.2) is 0 Å². The van der Waals surface area contributed by atoms with Gasteiger partial charge >= 0.3 is 0 Å². The molecule has 1 amide bonds. The van der Waals surface area contributed by atoms with Crippen LogP contribution in [0.2, 0.25) is 0 Å². The molecular formula is C11H15ClN2O. The van der Waals surface area contributed by atoms with Crippen molar-refractivity contribution in [2.24, 2.45) is 0 Å². The van der Waals surface area contributed by atoms with Crippen LogP contribution < -0.4 is 10.6 Å². The second-order valence-electron chi connectivity index (χ2n) is 3.55. The molecule has 0 radical (unpaired) electrons. The van der Waals surface area contributed by atoms with E-state index in [1.807, 2.05) is 12.1 Å². The molecule has 0 saturated heterocycles. The van der Waals surface area contributed by atoms with E-state index in [0.29, 0.717) is 0 Å². The summed E-state index contributed by atoms with van der Waals surface area (Å²) in [5.41, 5.74) is 3.54. The van der Waals surface area contributed by atoms with Crippen molar-refractivity contribution in [2.45, 2.75) is 19.9 Å². The zero-order valence-electron chi connectivity index (χ0n) is 8.67. The molecule has 0 fully saturated rings. The van der Waals surface area contributed by atoms with Gasteiger partial charge in [-0.2, -0.15) is 0 Å². The van der Waals surface area contributed by atoms with Crippen molar-refractivity contribution < 1.29 is 4.79 Å². The zero-order valence-corrected chi connectivity index (χ0v) is 9.49. The minimum atomic E-state index is -0.00284. The number of hydrogen-bond donors (Lipinski definition) is 2. The summed E-state index contributed by atoms with van der Waals surface area (Å²) in [5.74, 6) is -0.00284. The molecule has 1 aromatic rings. The van der Waals surface area contributed by atoms with Crippen LogP contribution in [0.3, 0.4) is 0 Å². The van der Waals surface area contributed by atoms with Gasteiger partial charge in [0.05, 0.1) is 0 Å². The number of amides is 1. The first-order valence-electron chi connectivity index (χ1n) is 4.86. The van der Waals surface area contributed by atoms with Crippen LogP contribution in [0, 0.1) is 0 Å². The van der Waals surface area contributed by atoms with E-state index in [1.54, 1.807) is 6.92 Å². The number of nitrogens with one attached hydrogen (secondary N) is 2. The molecule has 82 valence electrons. The first kappa shape index (κ1) is 12.0. The Bertz CT molecular complexity index is 366. The van der Waals surface area contributed by atoms with Gasteiger partial charge in [-0.15, -0.1) is 12.4 Å². The van der Waals surface area contributed by atoms with Gasteiger partial charge in [-0.3, -0.25) is 4.79 Å². The molecule has 2 rings (SSSR count). The lowest BCUT2D eigenvalue weighted by Crippen LogP contribution is -2.24. The molecule has 0 unspecified atom stereocenters. The average molecular weight is 227 g/mol. The summed E-state index contributed by atoms with van der Waals surface area (Å²) in [6, 6.07) is 6.05. The molecule has 4 heteroatoms. The van der Waals surface area contributed by atoms with Gasteiger partial charge in [0, 0.05) is 19.2 Å². The SMILES string of the molecule is CC(=O)Nc1cccc2c1CCNC2.Cl. The second-order valence-corrected chi connectivity index (χ2v) is 3.55. The molecule has 0 atom stereocenters. The summed E-state index contributed by atoms with van der Waals surface area (Å²) in [6.07, 6.45) is 0.992. The van der Waals surface area contributed by atoms with E-state index in [-0.39, 0.29) is 18.3 Å². The van der Waals surface area contributed by atoms with Crippen LogP contribution in [0.25, 0.3) is 0 Å². The van der Waals surface area contributed by atoms with E-state index in [4.69, 9.17) is 0 Å². The van der Waals surface area contributed by atoms with E-state index in [1.165, 1.54) is 11.1 Å². The number of fused-ring (bicyclic) bond motifs is 1. The number of rotatable bonds is 1. The van der Waals surface area contributed by atoms with E-state index in [2.05, 4.69) is 16.7 Å². The lowest BCUT2D eigenvalue weighted by Gasteiger charge is -2.20. The van der Waals surface area contributed by atoms with E-state index < -0.39 is 0 Å². The highest BCUT2D eigenvalue weighted by molar-refractivity contribution is 5.89. The molecule has 1 aliphatic rings. The predicted octanol–water partition coefficient (Wildman–Crippen LogP) is 1.71. The Morgan fingerprint density at radius 2 is 2.27 bits per heavy atom. The van der Waals surface area contributed by atoms with Crippen molar-refractivity contribution in [3.63, 3.8) is 0 Å². The van der Waals surface area contributed by atoms with Gasteiger partial charge in [0.15, 0.2) is 0 Å². The third-order valence-electron chi connectivity index (χ3n) is 2.45. The first-order valence-corrected chi connectivity index (χ1v) is 4.86. The van der Waals surface area contributed by atoms with Crippen LogP contribution in [0.1, 0.15) is 18.1 Å². The van der Waals surface area contributed by atoms with Crippen LogP contribution >= 0.6 is 12.4 Å². The van der Waals surface area contributed by atoms with E-state index in [9.17, 15) is 4.79 Å². The number of halogens is 1. The maximum Gasteiger partial charge on any atom is 0.221 e. The molecule has 1 aromatic carbocycles. The molecule has 0 bridgehead atoms. The van der Waals surface area contributed by atoms with Gasteiger partial charge in [-0.05, 0) is 30.2 Å². The van der Waals surface area contributed by atoms with Crippen LogP contribution in [0.4, 0.5) is 5.69 Å². The highest BCUT2D eigenvalue weighted by Gasteiger charge is 2.12. The van der Waals surface area contributed by atoms with E-state index >= 15 is 0 Å². The Morgan fingerprint density at radius 3 is 3.00 bits per heavy atom. The average Bonchev–Trinajstić information content (AvgIpc) is 2.18.